The maximum Gasteiger partial charge on any atom is 0.0443 e. The summed E-state index contributed by atoms with van der Waals surface area (Å²) in [6.45, 7) is 6.77. The molecule has 0 aromatic heterocycles. The van der Waals surface area contributed by atoms with E-state index in [4.69, 9.17) is 0 Å². The third-order valence-corrected chi connectivity index (χ3v) is 13.9. The monoisotopic (exact) mass is 758 g/mol. The van der Waals surface area contributed by atoms with Crippen molar-refractivity contribution in [2.45, 2.75) is 44.9 Å². The molecule has 9 aromatic rings. The van der Waals surface area contributed by atoms with E-state index >= 15 is 0 Å². The second kappa shape index (κ2) is 13.2. The molecule has 0 unspecified atom stereocenters. The van der Waals surface area contributed by atoms with Crippen LogP contribution in [0.25, 0.3) is 65.7 Å². The molecule has 2 heterocycles. The van der Waals surface area contributed by atoms with Crippen molar-refractivity contribution < 1.29 is 0 Å². The van der Waals surface area contributed by atoms with Crippen LogP contribution in [0, 0.1) is 0 Å². The molecule has 0 N–H and O–H groups in total. The van der Waals surface area contributed by atoms with Gasteiger partial charge in [-0.2, -0.15) is 0 Å². The zero-order valence-electron chi connectivity index (χ0n) is 33.8. The third-order valence-electron chi connectivity index (χ3n) is 13.9. The number of fused-ring (bicyclic) bond motifs is 8. The highest BCUT2D eigenvalue weighted by Gasteiger charge is 2.35. The fourth-order valence-electron chi connectivity index (χ4n) is 11.1. The SMILES string of the molecule is CC1(C)c2ccccc2-c2cc(-c3c4cc(N5CCCc6ccccc65)ccc4c(-c4cccc5ccccc45)c4cc(N5CCCc6ccccc65)ccc34)ccc21. The summed E-state index contributed by atoms with van der Waals surface area (Å²) in [6.07, 6.45) is 4.53. The summed E-state index contributed by atoms with van der Waals surface area (Å²) >= 11 is 0. The van der Waals surface area contributed by atoms with Crippen LogP contribution >= 0.6 is 0 Å². The Kier molecular flexibility index (Phi) is 7.69. The fourth-order valence-corrected chi connectivity index (χ4v) is 11.1. The topological polar surface area (TPSA) is 6.48 Å². The predicted molar refractivity (Wildman–Crippen MR) is 251 cm³/mol. The molecule has 0 bridgehead atoms. The number of anilines is 4. The zero-order chi connectivity index (χ0) is 39.2. The number of aryl methyl sites for hydroxylation is 2. The number of nitrogens with zero attached hydrogens (tertiary/aromatic N) is 2. The van der Waals surface area contributed by atoms with Crippen molar-refractivity contribution in [1.29, 1.82) is 0 Å². The minimum atomic E-state index is -0.0543. The van der Waals surface area contributed by atoms with Crippen LogP contribution in [0.2, 0.25) is 0 Å². The molecule has 0 saturated carbocycles. The molecule has 1 aliphatic carbocycles. The van der Waals surface area contributed by atoms with Gasteiger partial charge in [0.15, 0.2) is 0 Å². The normalized spacial score (nSPS) is 15.3. The zero-order valence-corrected chi connectivity index (χ0v) is 33.8. The van der Waals surface area contributed by atoms with Crippen molar-refractivity contribution in [3.63, 3.8) is 0 Å². The molecule has 2 aliphatic heterocycles. The summed E-state index contributed by atoms with van der Waals surface area (Å²) in [6, 6.07) is 64.8. The highest BCUT2D eigenvalue weighted by molar-refractivity contribution is 6.24. The van der Waals surface area contributed by atoms with Crippen LogP contribution in [-0.4, -0.2) is 13.1 Å². The molecule has 9 aromatic carbocycles. The first-order chi connectivity index (χ1) is 29.0. The highest BCUT2D eigenvalue weighted by atomic mass is 15.1. The Balaban J connectivity index is 1.19. The van der Waals surface area contributed by atoms with Gasteiger partial charge in [0.05, 0.1) is 0 Å². The Bertz CT molecular complexity index is 3160. The lowest BCUT2D eigenvalue weighted by molar-refractivity contribution is 0.660. The molecule has 0 amide bonds. The number of para-hydroxylation sites is 2. The molecular formula is C57H46N2. The molecule has 284 valence electrons. The molecule has 3 aliphatic rings. The van der Waals surface area contributed by atoms with Gasteiger partial charge in [-0.25, -0.2) is 0 Å². The largest absolute Gasteiger partial charge is 0.341 e. The second-order valence-corrected chi connectivity index (χ2v) is 17.4. The van der Waals surface area contributed by atoms with Crippen LogP contribution in [0.15, 0.2) is 170 Å². The molecule has 0 radical (unpaired) electrons. The van der Waals surface area contributed by atoms with Crippen molar-refractivity contribution in [3.8, 4) is 33.4 Å². The fraction of sp³-hybridized carbons (Fsp3) is 0.158. The molecule has 59 heavy (non-hydrogen) atoms. The van der Waals surface area contributed by atoms with Gasteiger partial charge < -0.3 is 9.80 Å². The molecule has 12 rings (SSSR count). The van der Waals surface area contributed by atoms with Crippen LogP contribution in [0.1, 0.15) is 48.9 Å². The van der Waals surface area contributed by atoms with Gasteiger partial charge in [-0.15, -0.1) is 0 Å². The predicted octanol–water partition coefficient (Wildman–Crippen LogP) is 15.0. The van der Waals surface area contributed by atoms with Crippen molar-refractivity contribution >= 4 is 55.1 Å². The van der Waals surface area contributed by atoms with Gasteiger partial charge in [-0.05, 0) is 156 Å². The van der Waals surface area contributed by atoms with Crippen LogP contribution in [0.3, 0.4) is 0 Å². The minimum absolute atomic E-state index is 0.0543. The van der Waals surface area contributed by atoms with Crippen LogP contribution in [-0.2, 0) is 18.3 Å². The Morgan fingerprint density at radius 3 is 1.69 bits per heavy atom. The smallest absolute Gasteiger partial charge is 0.0443 e. The van der Waals surface area contributed by atoms with Crippen molar-refractivity contribution in [2.75, 3.05) is 22.9 Å². The first kappa shape index (κ1) is 34.4. The average Bonchev–Trinajstić information content (AvgIpc) is 3.52. The third kappa shape index (κ3) is 5.25. The molecule has 2 heteroatoms. The van der Waals surface area contributed by atoms with Gasteiger partial charge in [-0.1, -0.05) is 141 Å². The van der Waals surface area contributed by atoms with Crippen LogP contribution < -0.4 is 9.80 Å². The number of hydrogen-bond acceptors (Lipinski definition) is 2. The van der Waals surface area contributed by atoms with Crippen LogP contribution in [0.4, 0.5) is 22.7 Å². The first-order valence-electron chi connectivity index (χ1n) is 21.5. The van der Waals surface area contributed by atoms with Gasteiger partial charge in [-0.3, -0.25) is 0 Å². The average molecular weight is 759 g/mol. The lowest BCUT2D eigenvalue weighted by Gasteiger charge is -2.32. The van der Waals surface area contributed by atoms with Crippen LogP contribution in [0.5, 0.6) is 0 Å². The Hall–Kier alpha value is -6.64. The van der Waals surface area contributed by atoms with Crippen molar-refractivity contribution in [3.05, 3.63) is 192 Å². The highest BCUT2D eigenvalue weighted by Crippen LogP contribution is 2.53. The summed E-state index contributed by atoms with van der Waals surface area (Å²) < 4.78 is 0. The lowest BCUT2D eigenvalue weighted by Crippen LogP contribution is -2.24. The number of hydrogen-bond donors (Lipinski definition) is 0. The molecule has 0 saturated heterocycles. The van der Waals surface area contributed by atoms with Crippen molar-refractivity contribution in [1.82, 2.24) is 0 Å². The van der Waals surface area contributed by atoms with Gasteiger partial charge >= 0.3 is 0 Å². The Morgan fingerprint density at radius 1 is 0.407 bits per heavy atom. The quantitative estimate of drug-likeness (QED) is 0.165. The molecule has 0 atom stereocenters. The Morgan fingerprint density at radius 2 is 0.966 bits per heavy atom. The van der Waals surface area contributed by atoms with Crippen molar-refractivity contribution in [2.24, 2.45) is 0 Å². The van der Waals surface area contributed by atoms with E-state index in [9.17, 15) is 0 Å². The summed E-state index contributed by atoms with van der Waals surface area (Å²) in [5, 5.41) is 7.71. The standard InChI is InChI=1S/C57H46N2/c1-57(2)51-23-8-7-21-44(51)48-34-40(26-31-52(48)57)55-46-29-27-42(59-33-13-19-39-16-5-10-25-54(39)59)36-50(46)56(45-22-11-17-37-14-3-6-20-43(37)45)47-30-28-41(35-49(47)55)58-32-12-18-38-15-4-9-24-53(38)58/h3-11,14-17,20-31,34-36H,12-13,18-19,32-33H2,1-2H3. The van der Waals surface area contributed by atoms with Gasteiger partial charge in [0.25, 0.3) is 0 Å². The Labute approximate surface area is 347 Å². The number of rotatable bonds is 4. The van der Waals surface area contributed by atoms with E-state index in [1.165, 1.54) is 111 Å². The molecule has 0 fully saturated rings. The minimum Gasteiger partial charge on any atom is -0.341 e. The van der Waals surface area contributed by atoms with E-state index in [2.05, 4.69) is 194 Å². The molecule has 2 nitrogen and oxygen atoms in total. The van der Waals surface area contributed by atoms with E-state index in [-0.39, 0.29) is 5.41 Å². The van der Waals surface area contributed by atoms with Gasteiger partial charge in [0.1, 0.15) is 0 Å². The van der Waals surface area contributed by atoms with E-state index < -0.39 is 0 Å². The maximum atomic E-state index is 2.56. The van der Waals surface area contributed by atoms with E-state index in [1.54, 1.807) is 0 Å². The van der Waals surface area contributed by atoms with Gasteiger partial charge in [0.2, 0.25) is 0 Å². The van der Waals surface area contributed by atoms with E-state index in [0.29, 0.717) is 0 Å². The molecular weight excluding hydrogens is 713 g/mol. The first-order valence-corrected chi connectivity index (χ1v) is 21.5. The van der Waals surface area contributed by atoms with E-state index in [1.807, 2.05) is 0 Å². The molecule has 0 spiro atoms. The summed E-state index contributed by atoms with van der Waals surface area (Å²) in [5.74, 6) is 0. The summed E-state index contributed by atoms with van der Waals surface area (Å²) in [4.78, 5) is 5.11. The summed E-state index contributed by atoms with van der Waals surface area (Å²) in [7, 11) is 0. The lowest BCUT2D eigenvalue weighted by atomic mass is 9.81. The summed E-state index contributed by atoms with van der Waals surface area (Å²) in [5.41, 5.74) is 18.7. The van der Waals surface area contributed by atoms with E-state index in [0.717, 1.165) is 38.8 Å². The van der Waals surface area contributed by atoms with Gasteiger partial charge in [0, 0.05) is 41.3 Å². The number of benzene rings is 9. The second-order valence-electron chi connectivity index (χ2n) is 17.4. The maximum absolute atomic E-state index is 2.56.